The van der Waals surface area contributed by atoms with Crippen LogP contribution in [0.5, 0.6) is 5.75 Å². The lowest BCUT2D eigenvalue weighted by atomic mass is 10.1. The molecule has 3 rings (SSSR count). The number of aromatic amines is 1. The molecule has 0 aliphatic rings. The summed E-state index contributed by atoms with van der Waals surface area (Å²) in [7, 11) is 0. The average Bonchev–Trinajstić information content (AvgIpc) is 3.03. The van der Waals surface area contributed by atoms with Crippen molar-refractivity contribution in [2.45, 2.75) is 6.92 Å². The number of hydrogen-bond donors (Lipinski definition) is 2. The maximum atomic E-state index is 11.8. The SMILES string of the molecule is CCOc1ccc(-c2cc(=O)[nH]c(-c3ccco3)n2)cc1N. The average molecular weight is 297 g/mol. The number of furan rings is 1. The van der Waals surface area contributed by atoms with Gasteiger partial charge < -0.3 is 19.9 Å². The largest absolute Gasteiger partial charge is 0.492 e. The zero-order valence-electron chi connectivity index (χ0n) is 12.0. The predicted molar refractivity (Wildman–Crippen MR) is 83.6 cm³/mol. The Morgan fingerprint density at radius 3 is 2.86 bits per heavy atom. The fourth-order valence-corrected chi connectivity index (χ4v) is 2.13. The molecule has 0 saturated heterocycles. The van der Waals surface area contributed by atoms with E-state index in [1.807, 2.05) is 13.0 Å². The number of H-pyrrole nitrogens is 1. The first-order valence-electron chi connectivity index (χ1n) is 6.85. The van der Waals surface area contributed by atoms with Crippen molar-refractivity contribution >= 4 is 5.69 Å². The van der Waals surface area contributed by atoms with Crippen LogP contribution >= 0.6 is 0 Å². The molecular formula is C16H15N3O3. The number of rotatable bonds is 4. The Labute approximate surface area is 126 Å². The third-order valence-electron chi connectivity index (χ3n) is 3.10. The van der Waals surface area contributed by atoms with E-state index in [9.17, 15) is 4.79 Å². The van der Waals surface area contributed by atoms with Gasteiger partial charge in [-0.25, -0.2) is 4.98 Å². The van der Waals surface area contributed by atoms with Gasteiger partial charge in [-0.1, -0.05) is 0 Å². The van der Waals surface area contributed by atoms with Gasteiger partial charge in [-0.2, -0.15) is 0 Å². The molecule has 0 radical (unpaired) electrons. The fraction of sp³-hybridized carbons (Fsp3) is 0.125. The van der Waals surface area contributed by atoms with Gasteiger partial charge in [0.2, 0.25) is 0 Å². The van der Waals surface area contributed by atoms with Gasteiger partial charge in [0.05, 0.1) is 24.3 Å². The highest BCUT2D eigenvalue weighted by molar-refractivity contribution is 5.69. The number of nitrogens with zero attached hydrogens (tertiary/aromatic N) is 1. The summed E-state index contributed by atoms with van der Waals surface area (Å²) < 4.78 is 10.7. The van der Waals surface area contributed by atoms with Crippen molar-refractivity contribution in [2.75, 3.05) is 12.3 Å². The highest BCUT2D eigenvalue weighted by atomic mass is 16.5. The molecule has 6 heteroatoms. The standard InChI is InChI=1S/C16H15N3O3/c1-2-21-13-6-5-10(8-11(13)17)12-9-15(20)19-16(18-12)14-4-3-7-22-14/h3-9H,2,17H2,1H3,(H,18,19,20). The van der Waals surface area contributed by atoms with Gasteiger partial charge in [0.1, 0.15) is 5.75 Å². The summed E-state index contributed by atoms with van der Waals surface area (Å²) in [4.78, 5) is 18.9. The van der Waals surface area contributed by atoms with Crippen LogP contribution in [0.15, 0.2) is 51.9 Å². The van der Waals surface area contributed by atoms with Crippen molar-refractivity contribution in [1.82, 2.24) is 9.97 Å². The molecule has 2 aromatic heterocycles. The number of benzene rings is 1. The van der Waals surface area contributed by atoms with Crippen LogP contribution in [0.1, 0.15) is 6.92 Å². The Balaban J connectivity index is 2.05. The molecule has 0 fully saturated rings. The molecule has 0 saturated carbocycles. The Bertz CT molecular complexity index is 838. The second-order valence-electron chi connectivity index (χ2n) is 4.64. The minimum absolute atomic E-state index is 0.260. The number of nitrogens with one attached hydrogen (secondary N) is 1. The number of nitrogen functional groups attached to an aromatic ring is 1. The second-order valence-corrected chi connectivity index (χ2v) is 4.64. The molecule has 0 atom stereocenters. The predicted octanol–water partition coefficient (Wildman–Crippen LogP) is 2.68. The summed E-state index contributed by atoms with van der Waals surface area (Å²) in [5, 5.41) is 0. The van der Waals surface area contributed by atoms with E-state index in [-0.39, 0.29) is 5.56 Å². The molecule has 0 spiro atoms. The minimum Gasteiger partial charge on any atom is -0.492 e. The number of aromatic nitrogens is 2. The molecule has 22 heavy (non-hydrogen) atoms. The molecule has 0 amide bonds. The first-order valence-corrected chi connectivity index (χ1v) is 6.85. The van der Waals surface area contributed by atoms with Crippen LogP contribution in [-0.4, -0.2) is 16.6 Å². The highest BCUT2D eigenvalue weighted by Gasteiger charge is 2.10. The van der Waals surface area contributed by atoms with Gasteiger partial charge in [0.15, 0.2) is 11.6 Å². The molecule has 3 N–H and O–H groups in total. The third-order valence-corrected chi connectivity index (χ3v) is 3.10. The molecule has 6 nitrogen and oxygen atoms in total. The molecule has 0 bridgehead atoms. The quantitative estimate of drug-likeness (QED) is 0.722. The molecule has 0 unspecified atom stereocenters. The first kappa shape index (κ1) is 13.9. The number of nitrogens with two attached hydrogens (primary N) is 1. The van der Waals surface area contributed by atoms with Crippen LogP contribution in [0.3, 0.4) is 0 Å². The number of ether oxygens (including phenoxy) is 1. The zero-order valence-corrected chi connectivity index (χ0v) is 12.0. The lowest BCUT2D eigenvalue weighted by molar-refractivity contribution is 0.342. The third kappa shape index (κ3) is 2.71. The van der Waals surface area contributed by atoms with E-state index in [1.54, 1.807) is 24.3 Å². The van der Waals surface area contributed by atoms with Crippen molar-refractivity contribution in [2.24, 2.45) is 0 Å². The molecular weight excluding hydrogens is 282 g/mol. The zero-order chi connectivity index (χ0) is 15.5. The maximum absolute atomic E-state index is 11.8. The Morgan fingerprint density at radius 2 is 2.18 bits per heavy atom. The smallest absolute Gasteiger partial charge is 0.251 e. The van der Waals surface area contributed by atoms with Gasteiger partial charge in [-0.3, -0.25) is 4.79 Å². The Hall–Kier alpha value is -3.02. The Morgan fingerprint density at radius 1 is 1.32 bits per heavy atom. The lowest BCUT2D eigenvalue weighted by Gasteiger charge is -2.09. The normalized spacial score (nSPS) is 10.6. The number of hydrogen-bond acceptors (Lipinski definition) is 5. The van der Waals surface area contributed by atoms with Gasteiger partial charge >= 0.3 is 0 Å². The number of anilines is 1. The van der Waals surface area contributed by atoms with Crippen LogP contribution < -0.4 is 16.0 Å². The first-order chi connectivity index (χ1) is 10.7. The van der Waals surface area contributed by atoms with Gasteiger partial charge in [0, 0.05) is 11.6 Å². The van der Waals surface area contributed by atoms with Gasteiger partial charge in [-0.05, 0) is 37.3 Å². The van der Waals surface area contributed by atoms with Crippen molar-refractivity contribution in [3.05, 3.63) is 53.0 Å². The molecule has 112 valence electrons. The van der Waals surface area contributed by atoms with Crippen molar-refractivity contribution in [1.29, 1.82) is 0 Å². The van der Waals surface area contributed by atoms with E-state index < -0.39 is 0 Å². The van der Waals surface area contributed by atoms with E-state index in [1.165, 1.54) is 12.3 Å². The highest BCUT2D eigenvalue weighted by Crippen LogP contribution is 2.28. The fourth-order valence-electron chi connectivity index (χ4n) is 2.13. The van der Waals surface area contributed by atoms with Crippen LogP contribution in [-0.2, 0) is 0 Å². The van der Waals surface area contributed by atoms with Crippen molar-refractivity contribution in [3.8, 4) is 28.6 Å². The summed E-state index contributed by atoms with van der Waals surface area (Å²) in [6.07, 6.45) is 1.52. The topological polar surface area (TPSA) is 94.1 Å². The van der Waals surface area contributed by atoms with E-state index in [4.69, 9.17) is 14.9 Å². The maximum Gasteiger partial charge on any atom is 0.251 e. The van der Waals surface area contributed by atoms with E-state index in [2.05, 4.69) is 9.97 Å². The van der Waals surface area contributed by atoms with E-state index in [0.29, 0.717) is 35.3 Å². The monoisotopic (exact) mass is 297 g/mol. The van der Waals surface area contributed by atoms with Crippen LogP contribution in [0.25, 0.3) is 22.8 Å². The molecule has 2 heterocycles. The summed E-state index contributed by atoms with van der Waals surface area (Å²) in [5.41, 5.74) is 7.45. The van der Waals surface area contributed by atoms with Crippen LogP contribution in [0.4, 0.5) is 5.69 Å². The minimum atomic E-state index is -0.260. The molecule has 1 aromatic carbocycles. The van der Waals surface area contributed by atoms with Crippen molar-refractivity contribution < 1.29 is 9.15 Å². The molecule has 3 aromatic rings. The summed E-state index contributed by atoms with van der Waals surface area (Å²) in [5.74, 6) is 1.49. The van der Waals surface area contributed by atoms with Crippen molar-refractivity contribution in [3.63, 3.8) is 0 Å². The van der Waals surface area contributed by atoms with Gasteiger partial charge in [-0.15, -0.1) is 0 Å². The molecule has 0 aliphatic heterocycles. The van der Waals surface area contributed by atoms with Crippen LogP contribution in [0.2, 0.25) is 0 Å². The summed E-state index contributed by atoms with van der Waals surface area (Å²) >= 11 is 0. The summed E-state index contributed by atoms with van der Waals surface area (Å²) in [6.45, 7) is 2.43. The molecule has 0 aliphatic carbocycles. The lowest BCUT2D eigenvalue weighted by Crippen LogP contribution is -2.08. The van der Waals surface area contributed by atoms with Crippen LogP contribution in [0, 0.1) is 0 Å². The summed E-state index contributed by atoms with van der Waals surface area (Å²) in [6, 6.07) is 10.2. The van der Waals surface area contributed by atoms with E-state index >= 15 is 0 Å². The van der Waals surface area contributed by atoms with Gasteiger partial charge in [0.25, 0.3) is 5.56 Å². The second kappa shape index (κ2) is 5.77. The Kier molecular flexibility index (Phi) is 3.65. The van der Waals surface area contributed by atoms with E-state index in [0.717, 1.165) is 5.56 Å².